The van der Waals surface area contributed by atoms with Crippen LogP contribution in [0.4, 0.5) is 4.79 Å². The standard InChI is InChI=1S/C13H16Cl2N2O4/c1-7(9-3-2-8(14)6-10(9)15)16-13(21)17-11(4-5-18)12(19)20/h2-3,6-7,11,18H,4-5H2,1H3,(H,19,20)(H2,16,17,21)/t7?,11-/m0/s1. The summed E-state index contributed by atoms with van der Waals surface area (Å²) in [4.78, 5) is 22.6. The molecule has 116 valence electrons. The van der Waals surface area contributed by atoms with Gasteiger partial charge in [-0.15, -0.1) is 0 Å². The van der Waals surface area contributed by atoms with Gasteiger partial charge in [0.15, 0.2) is 0 Å². The molecular formula is C13H16Cl2N2O4. The van der Waals surface area contributed by atoms with Gasteiger partial charge in [-0.25, -0.2) is 9.59 Å². The Labute approximate surface area is 132 Å². The van der Waals surface area contributed by atoms with Crippen molar-refractivity contribution in [1.82, 2.24) is 10.6 Å². The van der Waals surface area contributed by atoms with E-state index in [1.807, 2.05) is 0 Å². The Balaban J connectivity index is 2.67. The highest BCUT2D eigenvalue weighted by Gasteiger charge is 2.20. The van der Waals surface area contributed by atoms with E-state index in [2.05, 4.69) is 10.6 Å². The fourth-order valence-corrected chi connectivity index (χ4v) is 2.29. The first-order valence-corrected chi connectivity index (χ1v) is 6.96. The maximum atomic E-state index is 11.8. The molecule has 1 unspecified atom stereocenters. The van der Waals surface area contributed by atoms with E-state index in [1.165, 1.54) is 0 Å². The first-order chi connectivity index (χ1) is 9.85. The number of carbonyl (C=O) groups excluding carboxylic acids is 1. The quantitative estimate of drug-likeness (QED) is 0.640. The van der Waals surface area contributed by atoms with Crippen molar-refractivity contribution >= 4 is 35.2 Å². The summed E-state index contributed by atoms with van der Waals surface area (Å²) in [6, 6.07) is 2.64. The summed E-state index contributed by atoms with van der Waals surface area (Å²) in [7, 11) is 0. The molecule has 21 heavy (non-hydrogen) atoms. The van der Waals surface area contributed by atoms with Crippen LogP contribution in [0.3, 0.4) is 0 Å². The van der Waals surface area contributed by atoms with E-state index in [1.54, 1.807) is 25.1 Å². The van der Waals surface area contributed by atoms with Gasteiger partial charge in [-0.05, 0) is 24.6 Å². The smallest absolute Gasteiger partial charge is 0.326 e. The lowest BCUT2D eigenvalue weighted by Gasteiger charge is -2.19. The molecule has 1 rings (SSSR count). The number of amides is 2. The molecule has 0 aliphatic rings. The molecule has 4 N–H and O–H groups in total. The number of aliphatic hydroxyl groups excluding tert-OH is 1. The molecule has 1 aromatic carbocycles. The maximum Gasteiger partial charge on any atom is 0.326 e. The zero-order valence-electron chi connectivity index (χ0n) is 11.3. The summed E-state index contributed by atoms with van der Waals surface area (Å²) in [6.07, 6.45) is -0.0706. The van der Waals surface area contributed by atoms with Crippen molar-refractivity contribution in [1.29, 1.82) is 0 Å². The van der Waals surface area contributed by atoms with Crippen molar-refractivity contribution in [3.63, 3.8) is 0 Å². The Morgan fingerprint density at radius 3 is 2.48 bits per heavy atom. The number of benzene rings is 1. The third-order valence-corrected chi connectivity index (χ3v) is 3.36. The van der Waals surface area contributed by atoms with Crippen molar-refractivity contribution in [2.75, 3.05) is 6.61 Å². The lowest BCUT2D eigenvalue weighted by molar-refractivity contribution is -0.139. The highest BCUT2D eigenvalue weighted by molar-refractivity contribution is 6.35. The monoisotopic (exact) mass is 334 g/mol. The Hall–Kier alpha value is -1.50. The van der Waals surface area contributed by atoms with Crippen LogP contribution in [-0.4, -0.2) is 34.9 Å². The molecule has 8 heteroatoms. The van der Waals surface area contributed by atoms with Crippen LogP contribution in [0.25, 0.3) is 0 Å². The Kier molecular flexibility index (Phi) is 6.74. The minimum atomic E-state index is -1.21. The second kappa shape index (κ2) is 8.07. The third-order valence-electron chi connectivity index (χ3n) is 2.80. The summed E-state index contributed by atoms with van der Waals surface area (Å²) in [5, 5.41) is 23.4. The molecule has 0 spiro atoms. The highest BCUT2D eigenvalue weighted by Crippen LogP contribution is 2.25. The minimum Gasteiger partial charge on any atom is -0.480 e. The molecule has 6 nitrogen and oxygen atoms in total. The second-order valence-corrected chi connectivity index (χ2v) is 5.25. The number of hydrogen-bond donors (Lipinski definition) is 4. The van der Waals surface area contributed by atoms with Gasteiger partial charge in [0.1, 0.15) is 6.04 Å². The normalized spacial score (nSPS) is 13.3. The summed E-state index contributed by atoms with van der Waals surface area (Å²) in [6.45, 7) is 1.37. The first-order valence-electron chi connectivity index (χ1n) is 6.20. The van der Waals surface area contributed by atoms with Crippen LogP contribution in [0.15, 0.2) is 18.2 Å². The molecule has 0 bridgehead atoms. The summed E-state index contributed by atoms with van der Waals surface area (Å²) < 4.78 is 0. The fraction of sp³-hybridized carbons (Fsp3) is 0.385. The maximum absolute atomic E-state index is 11.8. The van der Waals surface area contributed by atoms with E-state index in [0.717, 1.165) is 0 Å². The van der Waals surface area contributed by atoms with E-state index >= 15 is 0 Å². The molecule has 0 saturated carbocycles. The fourth-order valence-electron chi connectivity index (χ4n) is 1.71. The number of carboxylic acid groups (broad SMARTS) is 1. The van der Waals surface area contributed by atoms with Crippen LogP contribution in [0, 0.1) is 0 Å². The molecule has 0 saturated heterocycles. The van der Waals surface area contributed by atoms with Gasteiger partial charge in [0, 0.05) is 23.1 Å². The molecule has 0 aliphatic carbocycles. The molecule has 1 aromatic rings. The number of rotatable bonds is 6. The van der Waals surface area contributed by atoms with Crippen molar-refractivity contribution in [3.8, 4) is 0 Å². The Morgan fingerprint density at radius 1 is 1.29 bits per heavy atom. The van der Waals surface area contributed by atoms with E-state index in [0.29, 0.717) is 15.6 Å². The van der Waals surface area contributed by atoms with E-state index in [-0.39, 0.29) is 13.0 Å². The van der Waals surface area contributed by atoms with Gasteiger partial charge in [-0.3, -0.25) is 0 Å². The minimum absolute atomic E-state index is 0.0706. The van der Waals surface area contributed by atoms with Crippen LogP contribution in [0.1, 0.15) is 24.9 Å². The number of nitrogens with one attached hydrogen (secondary N) is 2. The third kappa shape index (κ3) is 5.41. The molecule has 0 aromatic heterocycles. The zero-order valence-corrected chi connectivity index (χ0v) is 12.8. The Bertz CT molecular complexity index is 525. The van der Waals surface area contributed by atoms with Crippen molar-refractivity contribution in [2.24, 2.45) is 0 Å². The van der Waals surface area contributed by atoms with Gasteiger partial charge < -0.3 is 20.8 Å². The topological polar surface area (TPSA) is 98.7 Å². The molecule has 0 radical (unpaired) electrons. The molecule has 2 atom stereocenters. The van der Waals surface area contributed by atoms with Gasteiger partial charge in [0.25, 0.3) is 0 Å². The zero-order chi connectivity index (χ0) is 16.0. The van der Waals surface area contributed by atoms with E-state index < -0.39 is 24.1 Å². The van der Waals surface area contributed by atoms with Crippen LogP contribution >= 0.6 is 23.2 Å². The SMILES string of the molecule is CC(NC(=O)N[C@@H](CCO)C(=O)O)c1ccc(Cl)cc1Cl. The molecule has 2 amide bonds. The number of aliphatic hydroxyl groups is 1. The molecular weight excluding hydrogens is 319 g/mol. The lowest BCUT2D eigenvalue weighted by atomic mass is 10.1. The number of aliphatic carboxylic acids is 1. The predicted molar refractivity (Wildman–Crippen MR) is 79.7 cm³/mol. The highest BCUT2D eigenvalue weighted by atomic mass is 35.5. The van der Waals surface area contributed by atoms with Crippen LogP contribution < -0.4 is 10.6 Å². The van der Waals surface area contributed by atoms with Crippen molar-refractivity contribution in [2.45, 2.75) is 25.4 Å². The number of carbonyl (C=O) groups is 2. The van der Waals surface area contributed by atoms with E-state index in [4.69, 9.17) is 33.4 Å². The van der Waals surface area contributed by atoms with Crippen molar-refractivity contribution in [3.05, 3.63) is 33.8 Å². The van der Waals surface area contributed by atoms with Gasteiger partial charge in [0.2, 0.25) is 0 Å². The number of halogens is 2. The van der Waals surface area contributed by atoms with Gasteiger partial charge >= 0.3 is 12.0 Å². The summed E-state index contributed by atoms with van der Waals surface area (Å²) in [5.74, 6) is -1.21. The predicted octanol–water partition coefficient (Wildman–Crippen LogP) is 2.19. The molecule has 0 heterocycles. The number of carboxylic acids is 1. The Morgan fingerprint density at radius 2 is 1.95 bits per heavy atom. The largest absolute Gasteiger partial charge is 0.480 e. The molecule has 0 aliphatic heterocycles. The average Bonchev–Trinajstić information content (AvgIpc) is 2.37. The van der Waals surface area contributed by atoms with E-state index in [9.17, 15) is 9.59 Å². The summed E-state index contributed by atoms with van der Waals surface area (Å²) in [5.41, 5.74) is 0.658. The first kappa shape index (κ1) is 17.6. The van der Waals surface area contributed by atoms with Crippen LogP contribution in [0.2, 0.25) is 10.0 Å². The van der Waals surface area contributed by atoms with Gasteiger partial charge in [0.05, 0.1) is 6.04 Å². The second-order valence-electron chi connectivity index (χ2n) is 4.41. The lowest BCUT2D eigenvalue weighted by Crippen LogP contribution is -2.47. The van der Waals surface area contributed by atoms with Crippen molar-refractivity contribution < 1.29 is 19.8 Å². The van der Waals surface area contributed by atoms with Gasteiger partial charge in [-0.2, -0.15) is 0 Å². The van der Waals surface area contributed by atoms with Crippen LogP contribution in [-0.2, 0) is 4.79 Å². The summed E-state index contributed by atoms with van der Waals surface area (Å²) >= 11 is 11.8. The van der Waals surface area contributed by atoms with Crippen LogP contribution in [0.5, 0.6) is 0 Å². The van der Waals surface area contributed by atoms with Gasteiger partial charge in [-0.1, -0.05) is 29.3 Å². The number of hydrogen-bond acceptors (Lipinski definition) is 3. The molecule has 0 fully saturated rings. The average molecular weight is 335 g/mol. The number of urea groups is 1.